The Morgan fingerprint density at radius 1 is 1.07 bits per heavy atom. The second-order valence-corrected chi connectivity index (χ2v) is 7.37. The number of anilines is 1. The van der Waals surface area contributed by atoms with Crippen LogP contribution in [0, 0.1) is 0 Å². The van der Waals surface area contributed by atoms with Gasteiger partial charge in [0, 0.05) is 34.9 Å². The lowest BCUT2D eigenvalue weighted by molar-refractivity contribution is -0.116. The minimum Gasteiger partial charge on any atom is -0.497 e. The van der Waals surface area contributed by atoms with Crippen molar-refractivity contribution in [1.29, 1.82) is 0 Å². The Kier molecular flexibility index (Phi) is 4.50. The number of nitrogens with one attached hydrogen (secondary N) is 1. The minimum absolute atomic E-state index is 0.133. The van der Waals surface area contributed by atoms with E-state index in [-0.39, 0.29) is 5.78 Å². The van der Waals surface area contributed by atoms with Gasteiger partial charge in [-0.3, -0.25) is 4.79 Å². The minimum atomic E-state index is -0.408. The molecule has 0 amide bonds. The van der Waals surface area contributed by atoms with Crippen molar-refractivity contribution in [3.05, 3.63) is 65.4 Å². The molecule has 2 aromatic carbocycles. The number of benzene rings is 2. The number of Topliss-reactive ketones (excluding diaryl/α,β-unsaturated/α-hetero) is 1. The van der Waals surface area contributed by atoms with Crippen LogP contribution in [0.15, 0.2) is 59.8 Å². The van der Waals surface area contributed by atoms with Crippen molar-refractivity contribution in [2.75, 3.05) is 19.5 Å². The summed E-state index contributed by atoms with van der Waals surface area (Å²) >= 11 is 0. The number of allylic oxidation sites excluding steroid dienone is 2. The number of nitrogens with zero attached hydrogens (tertiary/aromatic N) is 3. The van der Waals surface area contributed by atoms with Gasteiger partial charge in [0.05, 0.1) is 14.2 Å². The highest BCUT2D eigenvalue weighted by Crippen LogP contribution is 2.44. The van der Waals surface area contributed by atoms with E-state index in [9.17, 15) is 4.79 Å². The van der Waals surface area contributed by atoms with E-state index in [1.807, 2.05) is 48.5 Å². The standard InChI is InChI=1S/C23H22N4O3/c1-29-15-11-12-16(19(13-15)30-2)21-20-17(9-6-10-18(20)28)24-23-25-22(26-27(21)23)14-7-4-3-5-8-14/h3-5,7-8,11-13,21H,6,9-10H2,1-2H3,(H,24,25,26). The van der Waals surface area contributed by atoms with E-state index >= 15 is 0 Å². The average Bonchev–Trinajstić information content (AvgIpc) is 3.22. The molecule has 30 heavy (non-hydrogen) atoms. The number of methoxy groups -OCH3 is 2. The molecule has 7 nitrogen and oxygen atoms in total. The summed E-state index contributed by atoms with van der Waals surface area (Å²) < 4.78 is 12.8. The summed E-state index contributed by atoms with van der Waals surface area (Å²) in [6.45, 7) is 0. The van der Waals surface area contributed by atoms with Crippen molar-refractivity contribution in [2.45, 2.75) is 25.3 Å². The normalized spacial score (nSPS) is 17.8. The van der Waals surface area contributed by atoms with Gasteiger partial charge in [-0.25, -0.2) is 4.68 Å². The Morgan fingerprint density at radius 2 is 1.90 bits per heavy atom. The average molecular weight is 402 g/mol. The van der Waals surface area contributed by atoms with Crippen molar-refractivity contribution in [3.63, 3.8) is 0 Å². The molecule has 0 saturated heterocycles. The summed E-state index contributed by atoms with van der Waals surface area (Å²) in [5, 5.41) is 8.15. The molecule has 3 aromatic rings. The molecule has 0 spiro atoms. The summed E-state index contributed by atoms with van der Waals surface area (Å²) in [6.07, 6.45) is 2.17. The smallest absolute Gasteiger partial charge is 0.226 e. The SMILES string of the molecule is COc1ccc(C2C3=C(CCCC3=O)Nc3nc(-c4ccccc4)nn32)c(OC)c1. The Hall–Kier alpha value is -3.61. The predicted octanol–water partition coefficient (Wildman–Crippen LogP) is 3.98. The van der Waals surface area contributed by atoms with Crippen molar-refractivity contribution >= 4 is 11.7 Å². The molecule has 0 bridgehead atoms. The number of carbonyl (C=O) groups is 1. The van der Waals surface area contributed by atoms with Gasteiger partial charge in [-0.15, -0.1) is 5.10 Å². The van der Waals surface area contributed by atoms with Gasteiger partial charge in [-0.1, -0.05) is 30.3 Å². The van der Waals surface area contributed by atoms with Gasteiger partial charge in [-0.2, -0.15) is 4.98 Å². The van der Waals surface area contributed by atoms with Crippen LogP contribution in [0.5, 0.6) is 11.5 Å². The molecule has 1 aliphatic heterocycles. The molecule has 1 aliphatic carbocycles. The van der Waals surface area contributed by atoms with Crippen LogP contribution in [0.25, 0.3) is 11.4 Å². The van der Waals surface area contributed by atoms with E-state index in [1.54, 1.807) is 18.9 Å². The zero-order valence-corrected chi connectivity index (χ0v) is 16.9. The Bertz CT molecular complexity index is 1150. The summed E-state index contributed by atoms with van der Waals surface area (Å²) in [5.41, 5.74) is 3.44. The number of hydrogen-bond acceptors (Lipinski definition) is 6. The van der Waals surface area contributed by atoms with Crippen LogP contribution in [0.2, 0.25) is 0 Å². The van der Waals surface area contributed by atoms with Crippen LogP contribution in [0.4, 0.5) is 5.95 Å². The molecule has 7 heteroatoms. The number of ether oxygens (including phenoxy) is 2. The first-order chi connectivity index (χ1) is 14.7. The first kappa shape index (κ1) is 18.4. The van der Waals surface area contributed by atoms with Gasteiger partial charge in [0.25, 0.3) is 0 Å². The molecule has 152 valence electrons. The Labute approximate surface area is 174 Å². The fraction of sp³-hybridized carbons (Fsp3) is 0.261. The Balaban J connectivity index is 1.71. The third-order valence-corrected chi connectivity index (χ3v) is 5.64. The maximum atomic E-state index is 13.0. The number of aromatic nitrogens is 3. The highest BCUT2D eigenvalue weighted by molar-refractivity contribution is 5.99. The molecule has 0 radical (unpaired) electrons. The third kappa shape index (κ3) is 2.94. The van der Waals surface area contributed by atoms with Gasteiger partial charge in [-0.05, 0) is 25.0 Å². The molecule has 0 saturated carbocycles. The molecule has 2 aliphatic rings. The summed E-state index contributed by atoms with van der Waals surface area (Å²) in [4.78, 5) is 17.7. The number of fused-ring (bicyclic) bond motifs is 1. The van der Waals surface area contributed by atoms with Gasteiger partial charge in [0.15, 0.2) is 11.6 Å². The molecular formula is C23H22N4O3. The van der Waals surface area contributed by atoms with Gasteiger partial charge < -0.3 is 14.8 Å². The molecule has 1 N–H and O–H groups in total. The van der Waals surface area contributed by atoms with E-state index < -0.39 is 6.04 Å². The van der Waals surface area contributed by atoms with Crippen molar-refractivity contribution in [1.82, 2.24) is 14.8 Å². The summed E-state index contributed by atoms with van der Waals surface area (Å²) in [7, 11) is 3.24. The van der Waals surface area contributed by atoms with Crippen LogP contribution in [0.3, 0.4) is 0 Å². The van der Waals surface area contributed by atoms with E-state index in [2.05, 4.69) is 5.32 Å². The third-order valence-electron chi connectivity index (χ3n) is 5.64. The lowest BCUT2D eigenvalue weighted by Gasteiger charge is -2.32. The van der Waals surface area contributed by atoms with Crippen LogP contribution < -0.4 is 14.8 Å². The van der Waals surface area contributed by atoms with E-state index in [1.165, 1.54) is 0 Å². The van der Waals surface area contributed by atoms with E-state index in [0.717, 1.165) is 35.2 Å². The van der Waals surface area contributed by atoms with Gasteiger partial charge >= 0.3 is 0 Å². The van der Waals surface area contributed by atoms with Crippen molar-refractivity contribution < 1.29 is 14.3 Å². The maximum Gasteiger partial charge on any atom is 0.226 e. The van der Waals surface area contributed by atoms with Crippen molar-refractivity contribution in [3.8, 4) is 22.9 Å². The van der Waals surface area contributed by atoms with Crippen LogP contribution >= 0.6 is 0 Å². The zero-order chi connectivity index (χ0) is 20.7. The second kappa shape index (κ2) is 7.33. The fourth-order valence-electron chi connectivity index (χ4n) is 4.20. The molecule has 1 atom stereocenters. The molecule has 1 aromatic heterocycles. The number of rotatable bonds is 4. The second-order valence-electron chi connectivity index (χ2n) is 7.37. The first-order valence-electron chi connectivity index (χ1n) is 9.96. The van der Waals surface area contributed by atoms with Crippen LogP contribution in [-0.4, -0.2) is 34.8 Å². The van der Waals surface area contributed by atoms with E-state index in [4.69, 9.17) is 19.6 Å². The molecular weight excluding hydrogens is 380 g/mol. The van der Waals surface area contributed by atoms with E-state index in [0.29, 0.717) is 29.7 Å². The highest BCUT2D eigenvalue weighted by Gasteiger charge is 2.38. The van der Waals surface area contributed by atoms with Crippen molar-refractivity contribution in [2.24, 2.45) is 0 Å². The highest BCUT2D eigenvalue weighted by atomic mass is 16.5. The van der Waals surface area contributed by atoms with Crippen LogP contribution in [0.1, 0.15) is 30.9 Å². The lowest BCUT2D eigenvalue weighted by atomic mass is 9.85. The predicted molar refractivity (Wildman–Crippen MR) is 113 cm³/mol. The first-order valence-corrected chi connectivity index (χ1v) is 9.96. The summed E-state index contributed by atoms with van der Waals surface area (Å²) in [6, 6.07) is 15.1. The fourth-order valence-corrected chi connectivity index (χ4v) is 4.20. The number of ketones is 1. The summed E-state index contributed by atoms with van der Waals surface area (Å²) in [5.74, 6) is 2.72. The zero-order valence-electron chi connectivity index (χ0n) is 16.9. The van der Waals surface area contributed by atoms with Crippen LogP contribution in [-0.2, 0) is 4.79 Å². The molecule has 2 heterocycles. The Morgan fingerprint density at radius 3 is 2.67 bits per heavy atom. The largest absolute Gasteiger partial charge is 0.497 e. The topological polar surface area (TPSA) is 78.3 Å². The monoisotopic (exact) mass is 402 g/mol. The lowest BCUT2D eigenvalue weighted by Crippen LogP contribution is -2.31. The van der Waals surface area contributed by atoms with Gasteiger partial charge in [0.2, 0.25) is 5.95 Å². The maximum absolute atomic E-state index is 13.0. The molecule has 0 fully saturated rings. The number of carbonyl (C=O) groups excluding carboxylic acids is 1. The molecule has 1 unspecified atom stereocenters. The number of hydrogen-bond donors (Lipinski definition) is 1. The quantitative estimate of drug-likeness (QED) is 0.711. The van der Waals surface area contributed by atoms with Gasteiger partial charge in [0.1, 0.15) is 17.5 Å². The molecule has 5 rings (SSSR count).